The number of para-hydroxylation sites is 1. The lowest BCUT2D eigenvalue weighted by molar-refractivity contribution is 0.0956. The van der Waals surface area contributed by atoms with Gasteiger partial charge in [-0.1, -0.05) is 43.7 Å². The second-order valence-electron chi connectivity index (χ2n) is 7.47. The number of thiophene rings is 1. The number of fused-ring (bicyclic) bond motifs is 1. The lowest BCUT2D eigenvalue weighted by Crippen LogP contribution is -2.18. The molecule has 0 spiro atoms. The third-order valence-corrected chi connectivity index (χ3v) is 6.06. The van der Waals surface area contributed by atoms with Gasteiger partial charge in [-0.15, -0.1) is 11.3 Å². The van der Waals surface area contributed by atoms with Gasteiger partial charge < -0.3 is 4.74 Å². The summed E-state index contributed by atoms with van der Waals surface area (Å²) in [5.74, 6) is 0.526. The Morgan fingerprint density at radius 2 is 2.03 bits per heavy atom. The molecule has 4 rings (SSSR count). The maximum atomic E-state index is 13.0. The molecule has 32 heavy (non-hydrogen) atoms. The molecule has 0 saturated carbocycles. The normalized spacial score (nSPS) is 11.2. The Hall–Kier alpha value is -3.51. The Balaban J connectivity index is 1.64. The third-order valence-electron chi connectivity index (χ3n) is 5.11. The minimum Gasteiger partial charge on any atom is -0.494 e. The summed E-state index contributed by atoms with van der Waals surface area (Å²) in [7, 11) is 0. The second kappa shape index (κ2) is 10.2. The molecule has 6 heteroatoms. The van der Waals surface area contributed by atoms with E-state index in [-0.39, 0.29) is 5.91 Å². The molecular formula is C26H25N3O2S. The highest BCUT2D eigenvalue weighted by Gasteiger charge is 2.14. The van der Waals surface area contributed by atoms with Crippen LogP contribution in [0, 0.1) is 6.92 Å². The first kappa shape index (κ1) is 21.7. The molecule has 0 radical (unpaired) electrons. The quantitative estimate of drug-likeness (QED) is 0.200. The zero-order valence-electron chi connectivity index (χ0n) is 18.2. The number of aromatic nitrogens is 1. The monoisotopic (exact) mass is 443 g/mol. The van der Waals surface area contributed by atoms with Gasteiger partial charge in [0.1, 0.15) is 5.75 Å². The molecule has 4 aromatic rings. The highest BCUT2D eigenvalue weighted by molar-refractivity contribution is 7.11. The van der Waals surface area contributed by atoms with Gasteiger partial charge in [0.25, 0.3) is 5.91 Å². The van der Waals surface area contributed by atoms with E-state index in [1.807, 2.05) is 73.0 Å². The molecule has 5 nitrogen and oxygen atoms in total. The fourth-order valence-corrected chi connectivity index (χ4v) is 4.10. The first-order chi connectivity index (χ1) is 15.7. The summed E-state index contributed by atoms with van der Waals surface area (Å²) in [6.07, 6.45) is 3.77. The summed E-state index contributed by atoms with van der Waals surface area (Å²) in [6.45, 7) is 4.83. The zero-order chi connectivity index (χ0) is 22.3. The van der Waals surface area contributed by atoms with Gasteiger partial charge in [0.15, 0.2) is 0 Å². The van der Waals surface area contributed by atoms with Crippen LogP contribution in [0.15, 0.2) is 71.1 Å². The molecular weight excluding hydrogens is 418 g/mol. The average Bonchev–Trinajstić information content (AvgIpc) is 3.23. The van der Waals surface area contributed by atoms with E-state index in [9.17, 15) is 4.79 Å². The number of nitrogens with one attached hydrogen (secondary N) is 1. The molecule has 2 aromatic carbocycles. The highest BCUT2D eigenvalue weighted by Crippen LogP contribution is 2.27. The molecule has 0 bridgehead atoms. The SMILES string of the molecule is CCCCOc1cccc(-c2cc(C(=O)NN=Cc3sccc3C)c3ccccc3n2)c1. The summed E-state index contributed by atoms with van der Waals surface area (Å²) in [5, 5.41) is 6.95. The number of nitrogens with zero attached hydrogens (tertiary/aromatic N) is 2. The van der Waals surface area contributed by atoms with Crippen LogP contribution in [0.1, 0.15) is 40.6 Å². The summed E-state index contributed by atoms with van der Waals surface area (Å²) in [4.78, 5) is 18.8. The van der Waals surface area contributed by atoms with Crippen molar-refractivity contribution in [3.63, 3.8) is 0 Å². The molecule has 0 aliphatic heterocycles. The average molecular weight is 444 g/mol. The molecule has 0 atom stereocenters. The zero-order valence-corrected chi connectivity index (χ0v) is 19.0. The minimum atomic E-state index is -0.273. The van der Waals surface area contributed by atoms with Crippen molar-refractivity contribution in [2.75, 3.05) is 6.61 Å². The molecule has 1 N–H and O–H groups in total. The number of aryl methyl sites for hydroxylation is 1. The first-order valence-electron chi connectivity index (χ1n) is 10.7. The van der Waals surface area contributed by atoms with Crippen LogP contribution in [0.25, 0.3) is 22.2 Å². The van der Waals surface area contributed by atoms with Gasteiger partial charge in [-0.05, 0) is 54.6 Å². The van der Waals surface area contributed by atoms with E-state index < -0.39 is 0 Å². The van der Waals surface area contributed by atoms with Crippen molar-refractivity contribution in [3.05, 3.63) is 82.0 Å². The van der Waals surface area contributed by atoms with Crippen LogP contribution >= 0.6 is 11.3 Å². The maximum absolute atomic E-state index is 13.0. The molecule has 0 fully saturated rings. The molecule has 0 saturated heterocycles. The van der Waals surface area contributed by atoms with Crippen molar-refractivity contribution in [1.82, 2.24) is 10.4 Å². The smallest absolute Gasteiger partial charge is 0.272 e. The van der Waals surface area contributed by atoms with Crippen molar-refractivity contribution in [2.45, 2.75) is 26.7 Å². The topological polar surface area (TPSA) is 63.6 Å². The van der Waals surface area contributed by atoms with Gasteiger partial charge in [0.2, 0.25) is 0 Å². The summed E-state index contributed by atoms with van der Waals surface area (Å²) < 4.78 is 5.85. The fourth-order valence-electron chi connectivity index (χ4n) is 3.32. The van der Waals surface area contributed by atoms with Gasteiger partial charge >= 0.3 is 0 Å². The number of unbranched alkanes of at least 4 members (excludes halogenated alkanes) is 1. The first-order valence-corrected chi connectivity index (χ1v) is 11.5. The van der Waals surface area contributed by atoms with E-state index >= 15 is 0 Å². The number of rotatable bonds is 8. The van der Waals surface area contributed by atoms with Crippen LogP contribution in [-0.2, 0) is 0 Å². The van der Waals surface area contributed by atoms with Gasteiger partial charge in [-0.3, -0.25) is 4.79 Å². The summed E-state index contributed by atoms with van der Waals surface area (Å²) >= 11 is 1.59. The lowest BCUT2D eigenvalue weighted by Gasteiger charge is -2.11. The Kier molecular flexibility index (Phi) is 6.92. The maximum Gasteiger partial charge on any atom is 0.272 e. The third kappa shape index (κ3) is 5.03. The molecule has 2 heterocycles. The number of hydrazone groups is 1. The number of amides is 1. The predicted molar refractivity (Wildman–Crippen MR) is 132 cm³/mol. The molecule has 162 valence electrons. The predicted octanol–water partition coefficient (Wildman–Crippen LogP) is 6.21. The highest BCUT2D eigenvalue weighted by atomic mass is 32.1. The second-order valence-corrected chi connectivity index (χ2v) is 8.42. The van der Waals surface area contributed by atoms with Crippen LogP contribution in [0.4, 0.5) is 0 Å². The van der Waals surface area contributed by atoms with E-state index in [1.165, 1.54) is 0 Å². The molecule has 0 unspecified atom stereocenters. The standard InChI is InChI=1S/C26H25N3O2S/c1-3-4-13-31-20-9-7-8-19(15-20)24-16-22(21-10-5-6-11-23(21)28-24)26(30)29-27-17-25-18(2)12-14-32-25/h5-12,14-17H,3-4,13H2,1-2H3,(H,29,30). The number of benzene rings is 2. The fraction of sp³-hybridized carbons (Fsp3) is 0.192. The van der Waals surface area contributed by atoms with Gasteiger partial charge in [-0.2, -0.15) is 5.10 Å². The summed E-state index contributed by atoms with van der Waals surface area (Å²) in [6, 6.07) is 19.3. The lowest BCUT2D eigenvalue weighted by atomic mass is 10.0. The number of ether oxygens (including phenoxy) is 1. The number of hydrogen-bond acceptors (Lipinski definition) is 5. The van der Waals surface area contributed by atoms with Crippen molar-refractivity contribution in [1.29, 1.82) is 0 Å². The largest absolute Gasteiger partial charge is 0.494 e. The van der Waals surface area contributed by atoms with E-state index in [1.54, 1.807) is 17.6 Å². The number of hydrogen-bond donors (Lipinski definition) is 1. The number of pyridine rings is 1. The van der Waals surface area contributed by atoms with Gasteiger partial charge in [0, 0.05) is 15.8 Å². The van der Waals surface area contributed by atoms with Crippen molar-refractivity contribution in [3.8, 4) is 17.0 Å². The van der Waals surface area contributed by atoms with E-state index in [0.29, 0.717) is 17.9 Å². The van der Waals surface area contributed by atoms with Crippen molar-refractivity contribution in [2.24, 2.45) is 5.10 Å². The number of carbonyl (C=O) groups excluding carboxylic acids is 1. The van der Waals surface area contributed by atoms with Gasteiger partial charge in [0.05, 0.1) is 29.6 Å². The molecule has 0 aliphatic rings. The van der Waals surface area contributed by atoms with Gasteiger partial charge in [-0.25, -0.2) is 10.4 Å². The number of carbonyl (C=O) groups is 1. The van der Waals surface area contributed by atoms with Crippen molar-refractivity contribution < 1.29 is 9.53 Å². The van der Waals surface area contributed by atoms with E-state index in [4.69, 9.17) is 9.72 Å². The van der Waals surface area contributed by atoms with Crippen LogP contribution in [0.5, 0.6) is 5.75 Å². The molecule has 1 amide bonds. The van der Waals surface area contributed by atoms with E-state index in [2.05, 4.69) is 17.5 Å². The Labute approximate surface area is 191 Å². The van der Waals surface area contributed by atoms with Crippen molar-refractivity contribution >= 4 is 34.4 Å². The summed E-state index contributed by atoms with van der Waals surface area (Å²) in [5.41, 5.74) is 6.70. The molecule has 0 aliphatic carbocycles. The van der Waals surface area contributed by atoms with E-state index in [0.717, 1.165) is 45.5 Å². The van der Waals surface area contributed by atoms with Crippen LogP contribution in [0.3, 0.4) is 0 Å². The minimum absolute atomic E-state index is 0.273. The van der Waals surface area contributed by atoms with Crippen LogP contribution in [-0.4, -0.2) is 23.7 Å². The Morgan fingerprint density at radius 1 is 1.16 bits per heavy atom. The Bertz CT molecular complexity index is 1260. The Morgan fingerprint density at radius 3 is 2.84 bits per heavy atom. The van der Waals surface area contributed by atoms with Crippen LogP contribution < -0.4 is 10.2 Å². The van der Waals surface area contributed by atoms with Crippen LogP contribution in [0.2, 0.25) is 0 Å². The molecule has 2 aromatic heterocycles.